The van der Waals surface area contributed by atoms with Crippen LogP contribution >= 0.6 is 0 Å². The van der Waals surface area contributed by atoms with Crippen molar-refractivity contribution < 1.29 is 19.1 Å². The van der Waals surface area contributed by atoms with Gasteiger partial charge in [-0.05, 0) is 70.6 Å². The molecule has 2 saturated heterocycles. The number of ether oxygens (including phenoxy) is 1. The maximum atomic E-state index is 12.4. The van der Waals surface area contributed by atoms with E-state index in [0.29, 0.717) is 24.9 Å². The van der Waals surface area contributed by atoms with Gasteiger partial charge in [0.2, 0.25) is 5.91 Å². The third kappa shape index (κ3) is 5.76. The van der Waals surface area contributed by atoms with E-state index < -0.39 is 5.60 Å². The van der Waals surface area contributed by atoms with E-state index in [1.807, 2.05) is 37.8 Å². The molecule has 37 heavy (non-hydrogen) atoms. The summed E-state index contributed by atoms with van der Waals surface area (Å²) < 4.78 is 7.90. The minimum atomic E-state index is -0.456. The monoisotopic (exact) mass is 509 g/mol. The van der Waals surface area contributed by atoms with Gasteiger partial charge in [-0.25, -0.2) is 9.59 Å². The highest BCUT2D eigenvalue weighted by molar-refractivity contribution is 6.09. The molecule has 0 spiro atoms. The van der Waals surface area contributed by atoms with Crippen molar-refractivity contribution in [2.75, 3.05) is 44.2 Å². The number of hydrogen-bond acceptors (Lipinski definition) is 5. The molecular formula is C28H39N5O4. The molecule has 3 heterocycles. The number of aromatic nitrogens is 1. The number of rotatable bonds is 4. The Hall–Kier alpha value is -3.07. The summed E-state index contributed by atoms with van der Waals surface area (Å²) in [5.74, 6) is 0.462. The summed E-state index contributed by atoms with van der Waals surface area (Å²) in [7, 11) is 0. The topological polar surface area (TPSA) is 87.1 Å². The highest BCUT2D eigenvalue weighted by atomic mass is 16.6. The molecule has 0 atom stereocenters. The van der Waals surface area contributed by atoms with Gasteiger partial charge in [-0.1, -0.05) is 6.07 Å². The number of carbonyl (C=O) groups excluding carboxylic acids is 3. The van der Waals surface area contributed by atoms with Crippen molar-refractivity contribution in [3.05, 3.63) is 30.5 Å². The smallest absolute Gasteiger partial charge is 0.410 e. The number of imide groups is 1. The normalized spacial score (nSPS) is 23.9. The maximum Gasteiger partial charge on any atom is 0.410 e. The predicted molar refractivity (Wildman–Crippen MR) is 143 cm³/mol. The van der Waals surface area contributed by atoms with Crippen molar-refractivity contribution in [2.45, 2.75) is 64.5 Å². The van der Waals surface area contributed by atoms with Gasteiger partial charge in [-0.2, -0.15) is 0 Å². The number of hydrogen-bond donors (Lipinski definition) is 1. The standard InChI is InChI=1S/C28H39N5O4/c1-28(2,3)37-27(36)31-17-15-30(16-18-31)19-20-7-9-21(10-8-20)32-13-11-22-23(32)5-4-6-24(22)33-14-12-25(34)29-26(33)35/h4-6,11,13,20-21H,7-10,12,14-19H2,1-3H3,(H,29,34,35). The highest BCUT2D eigenvalue weighted by Crippen LogP contribution is 2.37. The van der Waals surface area contributed by atoms with Gasteiger partial charge < -0.3 is 14.2 Å². The van der Waals surface area contributed by atoms with Gasteiger partial charge >= 0.3 is 12.1 Å². The van der Waals surface area contributed by atoms with E-state index in [-0.39, 0.29) is 18.0 Å². The lowest BCUT2D eigenvalue weighted by Gasteiger charge is -2.38. The molecule has 9 heteroatoms. The van der Waals surface area contributed by atoms with Crippen LogP contribution in [0, 0.1) is 5.92 Å². The van der Waals surface area contributed by atoms with Crippen LogP contribution in [-0.4, -0.2) is 77.3 Å². The predicted octanol–water partition coefficient (Wildman–Crippen LogP) is 4.37. The van der Waals surface area contributed by atoms with Gasteiger partial charge in [0.25, 0.3) is 0 Å². The van der Waals surface area contributed by atoms with Crippen LogP contribution in [0.25, 0.3) is 10.9 Å². The Morgan fingerprint density at radius 1 is 1.00 bits per heavy atom. The Labute approximate surface area is 218 Å². The number of urea groups is 1. The van der Waals surface area contributed by atoms with E-state index in [9.17, 15) is 14.4 Å². The van der Waals surface area contributed by atoms with Gasteiger partial charge in [-0.15, -0.1) is 0 Å². The number of carbonyl (C=O) groups is 3. The van der Waals surface area contributed by atoms with Crippen molar-refractivity contribution in [3.63, 3.8) is 0 Å². The molecule has 9 nitrogen and oxygen atoms in total. The molecule has 0 unspecified atom stereocenters. The zero-order valence-electron chi connectivity index (χ0n) is 22.2. The average Bonchev–Trinajstić information content (AvgIpc) is 3.29. The van der Waals surface area contributed by atoms with Crippen molar-refractivity contribution in [1.29, 1.82) is 0 Å². The number of benzene rings is 1. The number of piperazine rings is 1. The largest absolute Gasteiger partial charge is 0.444 e. The number of anilines is 1. The van der Waals surface area contributed by atoms with Gasteiger partial charge in [-0.3, -0.25) is 19.9 Å². The Bertz CT molecular complexity index is 1150. The molecule has 1 N–H and O–H groups in total. The summed E-state index contributed by atoms with van der Waals surface area (Å²) in [4.78, 5) is 42.3. The minimum Gasteiger partial charge on any atom is -0.444 e. The third-order valence-electron chi connectivity index (χ3n) is 7.83. The first-order valence-electron chi connectivity index (χ1n) is 13.6. The summed E-state index contributed by atoms with van der Waals surface area (Å²) in [5.41, 5.74) is 1.55. The van der Waals surface area contributed by atoms with Crippen LogP contribution in [0.5, 0.6) is 0 Å². The van der Waals surface area contributed by atoms with Crippen LogP contribution in [0.3, 0.4) is 0 Å². The first-order valence-corrected chi connectivity index (χ1v) is 13.6. The average molecular weight is 510 g/mol. The summed E-state index contributed by atoms with van der Waals surface area (Å²) in [6.07, 6.45) is 6.92. The van der Waals surface area contributed by atoms with Crippen molar-refractivity contribution in [1.82, 2.24) is 19.7 Å². The lowest BCUT2D eigenvalue weighted by molar-refractivity contribution is -0.120. The van der Waals surface area contributed by atoms with E-state index in [4.69, 9.17) is 4.74 Å². The zero-order chi connectivity index (χ0) is 26.2. The number of amides is 4. The molecule has 1 aliphatic carbocycles. The molecule has 2 aromatic rings. The Kier molecular flexibility index (Phi) is 7.16. The molecule has 200 valence electrons. The van der Waals surface area contributed by atoms with Crippen LogP contribution in [0.2, 0.25) is 0 Å². The first kappa shape index (κ1) is 25.6. The molecular weight excluding hydrogens is 470 g/mol. The van der Waals surface area contributed by atoms with Crippen molar-refractivity contribution >= 4 is 34.6 Å². The summed E-state index contributed by atoms with van der Waals surface area (Å²) in [5, 5.41) is 3.48. The fourth-order valence-electron chi connectivity index (χ4n) is 5.93. The van der Waals surface area contributed by atoms with E-state index in [0.717, 1.165) is 62.2 Å². The SMILES string of the molecule is CC(C)(C)OC(=O)N1CCN(CC2CCC(n3ccc4c(N5CCC(=O)NC5=O)cccc43)CC2)CC1. The highest BCUT2D eigenvalue weighted by Gasteiger charge is 2.30. The Morgan fingerprint density at radius 3 is 2.41 bits per heavy atom. The van der Waals surface area contributed by atoms with Crippen LogP contribution in [-0.2, 0) is 9.53 Å². The van der Waals surface area contributed by atoms with Crippen molar-refractivity contribution in [2.24, 2.45) is 5.92 Å². The molecule has 3 aliphatic rings. The molecule has 0 radical (unpaired) electrons. The van der Waals surface area contributed by atoms with Gasteiger partial charge in [0.1, 0.15) is 5.60 Å². The van der Waals surface area contributed by atoms with E-state index in [1.165, 1.54) is 12.8 Å². The minimum absolute atomic E-state index is 0.204. The molecule has 1 aromatic carbocycles. The van der Waals surface area contributed by atoms with Gasteiger partial charge in [0.15, 0.2) is 0 Å². The van der Waals surface area contributed by atoms with Crippen LogP contribution < -0.4 is 10.2 Å². The van der Waals surface area contributed by atoms with Crippen LogP contribution in [0.15, 0.2) is 30.5 Å². The molecule has 1 saturated carbocycles. The van der Waals surface area contributed by atoms with E-state index >= 15 is 0 Å². The third-order valence-corrected chi connectivity index (χ3v) is 7.83. The molecule has 0 bridgehead atoms. The second-order valence-corrected chi connectivity index (χ2v) is 11.6. The summed E-state index contributed by atoms with van der Waals surface area (Å²) in [6.45, 7) is 10.5. The maximum absolute atomic E-state index is 12.4. The number of nitrogens with one attached hydrogen (secondary N) is 1. The van der Waals surface area contributed by atoms with E-state index in [2.05, 4.69) is 33.1 Å². The summed E-state index contributed by atoms with van der Waals surface area (Å²) >= 11 is 0. The lowest BCUT2D eigenvalue weighted by Crippen LogP contribution is -2.51. The van der Waals surface area contributed by atoms with Gasteiger partial charge in [0, 0.05) is 63.3 Å². The van der Waals surface area contributed by atoms with E-state index in [1.54, 1.807) is 4.90 Å². The molecule has 5 rings (SSSR count). The quantitative estimate of drug-likeness (QED) is 0.661. The second kappa shape index (κ2) is 10.4. The molecule has 3 fully saturated rings. The lowest BCUT2D eigenvalue weighted by atomic mass is 9.85. The first-order chi connectivity index (χ1) is 17.7. The van der Waals surface area contributed by atoms with Gasteiger partial charge in [0.05, 0.1) is 11.2 Å². The fourth-order valence-corrected chi connectivity index (χ4v) is 5.93. The molecule has 2 aliphatic heterocycles. The molecule has 4 amide bonds. The Balaban J connectivity index is 1.15. The van der Waals surface area contributed by atoms with Crippen LogP contribution in [0.4, 0.5) is 15.3 Å². The fraction of sp³-hybridized carbons (Fsp3) is 0.607. The second-order valence-electron chi connectivity index (χ2n) is 11.6. The summed E-state index contributed by atoms with van der Waals surface area (Å²) in [6, 6.07) is 8.29. The number of fused-ring (bicyclic) bond motifs is 1. The van der Waals surface area contributed by atoms with Crippen molar-refractivity contribution in [3.8, 4) is 0 Å². The Morgan fingerprint density at radius 2 is 1.73 bits per heavy atom. The molecule has 1 aromatic heterocycles. The number of nitrogens with zero attached hydrogens (tertiary/aromatic N) is 4. The van der Waals surface area contributed by atoms with Crippen LogP contribution in [0.1, 0.15) is 58.9 Å². The zero-order valence-corrected chi connectivity index (χ0v) is 22.2.